The third-order valence-electron chi connectivity index (χ3n) is 3.13. The minimum absolute atomic E-state index is 0.526. The summed E-state index contributed by atoms with van der Waals surface area (Å²) in [6.07, 6.45) is -9.65. The molecule has 0 radical (unpaired) electrons. The van der Waals surface area contributed by atoms with Crippen molar-refractivity contribution in [2.75, 3.05) is 0 Å². The fraction of sp³-hybridized carbons (Fsp3) is 0.538. The van der Waals surface area contributed by atoms with Crippen molar-refractivity contribution in [1.82, 2.24) is 0 Å². The third-order valence-corrected chi connectivity index (χ3v) is 3.13. The van der Waals surface area contributed by atoms with Crippen molar-refractivity contribution in [1.29, 1.82) is 0 Å². The van der Waals surface area contributed by atoms with E-state index in [9.17, 15) is 31.4 Å². The molecule has 1 N–H and O–H groups in total. The Morgan fingerprint density at radius 2 is 1.10 bits per heavy atom. The fourth-order valence-corrected chi connectivity index (χ4v) is 1.92. The highest BCUT2D eigenvalue weighted by atomic mass is 19.4. The van der Waals surface area contributed by atoms with Crippen LogP contribution in [0.3, 0.4) is 0 Å². The summed E-state index contributed by atoms with van der Waals surface area (Å²) in [7, 11) is 0. The quantitative estimate of drug-likeness (QED) is 0.757. The Balaban J connectivity index is 3.39. The van der Waals surface area contributed by atoms with Gasteiger partial charge < -0.3 is 5.11 Å². The van der Waals surface area contributed by atoms with E-state index in [4.69, 9.17) is 0 Å². The summed E-state index contributed by atoms with van der Waals surface area (Å²) in [4.78, 5) is 0. The molecule has 1 unspecified atom stereocenters. The maximum Gasteiger partial charge on any atom is 0.421 e. The van der Waals surface area contributed by atoms with Gasteiger partial charge in [0.15, 0.2) is 5.60 Å². The first kappa shape index (κ1) is 16.8. The SMILES string of the molecule is CC(C)(C)C(O)(c1ccc(C(F)(F)F)cc1)C(F)(F)F. The minimum atomic E-state index is -5.01. The standard InChI is InChI=1S/C13H14F6O/c1-10(2,3)11(20,13(17,18)19)8-4-6-9(7-5-8)12(14,15)16/h4-7,20H,1-3H3. The maximum absolute atomic E-state index is 13.1. The molecule has 0 aromatic heterocycles. The Morgan fingerprint density at radius 1 is 0.750 bits per heavy atom. The van der Waals surface area contributed by atoms with Crippen LogP contribution in [-0.2, 0) is 11.8 Å². The number of alkyl halides is 6. The lowest BCUT2D eigenvalue weighted by Crippen LogP contribution is -2.52. The Labute approximate surface area is 112 Å². The van der Waals surface area contributed by atoms with Crippen LogP contribution < -0.4 is 0 Å². The second kappa shape index (κ2) is 4.65. The summed E-state index contributed by atoms with van der Waals surface area (Å²) in [5.41, 5.74) is -6.56. The number of rotatable bonds is 1. The van der Waals surface area contributed by atoms with Crippen molar-refractivity contribution < 1.29 is 31.4 Å². The molecule has 0 spiro atoms. The van der Waals surface area contributed by atoms with E-state index in [0.29, 0.717) is 24.3 Å². The summed E-state index contributed by atoms with van der Waals surface area (Å²) in [5, 5.41) is 10.0. The van der Waals surface area contributed by atoms with E-state index >= 15 is 0 Å². The molecule has 0 fully saturated rings. The van der Waals surface area contributed by atoms with Gasteiger partial charge in [-0.1, -0.05) is 32.9 Å². The van der Waals surface area contributed by atoms with E-state index < -0.39 is 34.5 Å². The maximum atomic E-state index is 13.1. The Bertz CT molecular complexity index is 450. The van der Waals surface area contributed by atoms with E-state index in [2.05, 4.69) is 0 Å². The molecule has 20 heavy (non-hydrogen) atoms. The highest BCUT2D eigenvalue weighted by Gasteiger charge is 2.61. The van der Waals surface area contributed by atoms with E-state index in [-0.39, 0.29) is 0 Å². The lowest BCUT2D eigenvalue weighted by molar-refractivity contribution is -0.302. The van der Waals surface area contributed by atoms with Crippen molar-refractivity contribution in [2.45, 2.75) is 38.7 Å². The van der Waals surface area contributed by atoms with Gasteiger partial charge in [0, 0.05) is 5.41 Å². The van der Waals surface area contributed by atoms with Crippen LogP contribution in [-0.4, -0.2) is 11.3 Å². The molecule has 114 valence electrons. The van der Waals surface area contributed by atoms with Crippen LogP contribution in [0.2, 0.25) is 0 Å². The number of halogens is 6. The zero-order valence-corrected chi connectivity index (χ0v) is 11.0. The van der Waals surface area contributed by atoms with Crippen LogP contribution in [0.25, 0.3) is 0 Å². The first-order valence-corrected chi connectivity index (χ1v) is 5.68. The summed E-state index contributed by atoms with van der Waals surface area (Å²) in [5.74, 6) is 0. The van der Waals surface area contributed by atoms with Gasteiger partial charge in [-0.25, -0.2) is 0 Å². The Hall–Kier alpha value is -1.24. The van der Waals surface area contributed by atoms with Gasteiger partial charge in [0.1, 0.15) is 0 Å². The molecular formula is C13H14F6O. The minimum Gasteiger partial charge on any atom is -0.376 e. The van der Waals surface area contributed by atoms with E-state index in [1.165, 1.54) is 0 Å². The molecule has 7 heteroatoms. The predicted octanol–water partition coefficient (Wildman–Crippen LogP) is 4.50. The Morgan fingerprint density at radius 3 is 1.35 bits per heavy atom. The van der Waals surface area contributed by atoms with Crippen molar-refractivity contribution >= 4 is 0 Å². The van der Waals surface area contributed by atoms with Gasteiger partial charge in [-0.2, -0.15) is 26.3 Å². The van der Waals surface area contributed by atoms with Gasteiger partial charge >= 0.3 is 12.4 Å². The Kier molecular flexibility index (Phi) is 3.91. The van der Waals surface area contributed by atoms with E-state index in [1.807, 2.05) is 0 Å². The van der Waals surface area contributed by atoms with Crippen molar-refractivity contribution in [3.63, 3.8) is 0 Å². The lowest BCUT2D eigenvalue weighted by Gasteiger charge is -2.41. The van der Waals surface area contributed by atoms with E-state index in [1.54, 1.807) is 0 Å². The van der Waals surface area contributed by atoms with Crippen molar-refractivity contribution in [2.24, 2.45) is 5.41 Å². The molecule has 0 saturated heterocycles. The van der Waals surface area contributed by atoms with Crippen LogP contribution >= 0.6 is 0 Å². The molecule has 0 saturated carbocycles. The normalized spacial score (nSPS) is 16.9. The van der Waals surface area contributed by atoms with Crippen molar-refractivity contribution in [3.05, 3.63) is 35.4 Å². The zero-order chi connectivity index (χ0) is 16.0. The smallest absolute Gasteiger partial charge is 0.376 e. The summed E-state index contributed by atoms with van der Waals surface area (Å²) in [6.45, 7) is 3.49. The topological polar surface area (TPSA) is 20.2 Å². The predicted molar refractivity (Wildman–Crippen MR) is 60.9 cm³/mol. The number of hydrogen-bond donors (Lipinski definition) is 1. The van der Waals surface area contributed by atoms with Gasteiger partial charge in [-0.3, -0.25) is 0 Å². The summed E-state index contributed by atoms with van der Waals surface area (Å²) >= 11 is 0. The molecular weight excluding hydrogens is 286 g/mol. The molecule has 1 rings (SSSR count). The first-order chi connectivity index (χ1) is 8.71. The molecule has 0 bridgehead atoms. The highest BCUT2D eigenvalue weighted by molar-refractivity contribution is 5.31. The molecule has 0 aliphatic carbocycles. The molecule has 1 aromatic rings. The number of benzene rings is 1. The van der Waals surface area contributed by atoms with Crippen LogP contribution in [0.15, 0.2) is 24.3 Å². The van der Waals surface area contributed by atoms with Gasteiger partial charge in [-0.05, 0) is 17.7 Å². The monoisotopic (exact) mass is 300 g/mol. The van der Waals surface area contributed by atoms with Gasteiger partial charge in [0.05, 0.1) is 5.56 Å². The molecule has 1 nitrogen and oxygen atoms in total. The number of hydrogen-bond acceptors (Lipinski definition) is 1. The second-order valence-electron chi connectivity index (χ2n) is 5.53. The van der Waals surface area contributed by atoms with E-state index in [0.717, 1.165) is 20.8 Å². The van der Waals surface area contributed by atoms with Crippen molar-refractivity contribution in [3.8, 4) is 0 Å². The highest BCUT2D eigenvalue weighted by Crippen LogP contribution is 2.50. The average molecular weight is 300 g/mol. The van der Waals surface area contributed by atoms with Gasteiger partial charge in [-0.15, -0.1) is 0 Å². The summed E-state index contributed by atoms with van der Waals surface area (Å²) < 4.78 is 76.6. The molecule has 1 atom stereocenters. The molecule has 0 heterocycles. The number of aliphatic hydroxyl groups is 1. The second-order valence-corrected chi connectivity index (χ2v) is 5.53. The lowest BCUT2D eigenvalue weighted by atomic mass is 9.71. The fourth-order valence-electron chi connectivity index (χ4n) is 1.92. The average Bonchev–Trinajstić information content (AvgIpc) is 2.24. The van der Waals surface area contributed by atoms with Crippen LogP contribution in [0.1, 0.15) is 31.9 Å². The summed E-state index contributed by atoms with van der Waals surface area (Å²) in [6, 6.07) is 2.36. The largest absolute Gasteiger partial charge is 0.421 e. The van der Waals surface area contributed by atoms with Gasteiger partial charge in [0.2, 0.25) is 0 Å². The third kappa shape index (κ3) is 2.77. The first-order valence-electron chi connectivity index (χ1n) is 5.68. The van der Waals surface area contributed by atoms with Crippen LogP contribution in [0, 0.1) is 5.41 Å². The molecule has 0 aliphatic rings. The molecule has 1 aromatic carbocycles. The molecule has 0 aliphatic heterocycles. The zero-order valence-electron chi connectivity index (χ0n) is 11.0. The van der Waals surface area contributed by atoms with Crippen LogP contribution in [0.4, 0.5) is 26.3 Å². The van der Waals surface area contributed by atoms with Crippen LogP contribution in [0.5, 0.6) is 0 Å². The molecule has 0 amide bonds. The van der Waals surface area contributed by atoms with Gasteiger partial charge in [0.25, 0.3) is 0 Å².